The molecular weight excluding hydrogens is 380 g/mol. The van der Waals surface area contributed by atoms with E-state index in [1.807, 2.05) is 0 Å². The molecular formula is C15H9BrCl2FNO. The number of hydrogen-bond donors (Lipinski definition) is 1. The lowest BCUT2D eigenvalue weighted by atomic mass is 10.0. The van der Waals surface area contributed by atoms with Crippen LogP contribution < -0.4 is 5.32 Å². The van der Waals surface area contributed by atoms with Crippen LogP contribution in [-0.2, 0) is 11.2 Å². The third-order valence-corrected chi connectivity index (χ3v) is 4.79. The zero-order chi connectivity index (χ0) is 15.1. The lowest BCUT2D eigenvalue weighted by Gasteiger charge is -2.15. The van der Waals surface area contributed by atoms with Crippen molar-refractivity contribution >= 4 is 50.7 Å². The molecule has 0 saturated carbocycles. The van der Waals surface area contributed by atoms with E-state index in [-0.39, 0.29) is 12.3 Å². The van der Waals surface area contributed by atoms with Crippen molar-refractivity contribution in [3.8, 4) is 0 Å². The van der Waals surface area contributed by atoms with Crippen LogP contribution in [0.3, 0.4) is 0 Å². The third-order valence-electron chi connectivity index (χ3n) is 3.38. The van der Waals surface area contributed by atoms with E-state index in [4.69, 9.17) is 23.2 Å². The molecule has 108 valence electrons. The Kier molecular flexibility index (Phi) is 3.95. The zero-order valence-electron chi connectivity index (χ0n) is 10.6. The summed E-state index contributed by atoms with van der Waals surface area (Å²) in [5, 5.41) is 2.39. The molecule has 0 bridgehead atoms. The molecule has 1 unspecified atom stereocenters. The van der Waals surface area contributed by atoms with E-state index >= 15 is 0 Å². The number of benzene rings is 2. The number of carbonyl (C=O) groups excluding carboxylic acids is 1. The van der Waals surface area contributed by atoms with Crippen LogP contribution in [0.2, 0.25) is 5.02 Å². The first-order chi connectivity index (χ1) is 9.97. The Balaban J connectivity index is 2.06. The Morgan fingerprint density at radius 1 is 1.29 bits per heavy atom. The van der Waals surface area contributed by atoms with Crippen LogP contribution in [0.4, 0.5) is 10.1 Å². The third kappa shape index (κ3) is 2.68. The van der Waals surface area contributed by atoms with Gasteiger partial charge in [-0.25, -0.2) is 4.39 Å². The van der Waals surface area contributed by atoms with Crippen molar-refractivity contribution in [2.24, 2.45) is 0 Å². The lowest BCUT2D eigenvalue weighted by molar-refractivity contribution is -0.115. The topological polar surface area (TPSA) is 29.1 Å². The molecule has 0 spiro atoms. The van der Waals surface area contributed by atoms with Crippen LogP contribution >= 0.6 is 39.1 Å². The van der Waals surface area contributed by atoms with Crippen LogP contribution in [0.1, 0.15) is 22.1 Å². The molecule has 2 nitrogen and oxygen atoms in total. The van der Waals surface area contributed by atoms with E-state index < -0.39 is 11.2 Å². The number of rotatable bonds is 2. The highest BCUT2D eigenvalue weighted by atomic mass is 79.9. The van der Waals surface area contributed by atoms with E-state index in [1.165, 1.54) is 0 Å². The Labute approximate surface area is 139 Å². The molecule has 0 aliphatic carbocycles. The fourth-order valence-corrected chi connectivity index (χ4v) is 3.40. The summed E-state index contributed by atoms with van der Waals surface area (Å²) in [4.78, 5) is 11.4. The highest BCUT2D eigenvalue weighted by Crippen LogP contribution is 2.40. The minimum absolute atomic E-state index is 0.0852. The fraction of sp³-hybridized carbons (Fsp3) is 0.133. The first-order valence-electron chi connectivity index (χ1n) is 6.17. The largest absolute Gasteiger partial charge is 0.325 e. The number of hydrogen-bond acceptors (Lipinski definition) is 1. The van der Waals surface area contributed by atoms with Crippen LogP contribution in [0.5, 0.6) is 0 Å². The summed E-state index contributed by atoms with van der Waals surface area (Å²) in [5.41, 5.74) is 2.43. The van der Waals surface area contributed by atoms with Crippen LogP contribution in [0.25, 0.3) is 0 Å². The van der Waals surface area contributed by atoms with Crippen LogP contribution in [0.15, 0.2) is 34.8 Å². The van der Waals surface area contributed by atoms with Gasteiger partial charge in [0.2, 0.25) is 5.91 Å². The number of nitrogens with one attached hydrogen (secondary N) is 1. The second kappa shape index (κ2) is 5.59. The van der Waals surface area contributed by atoms with Gasteiger partial charge in [-0.15, -0.1) is 11.6 Å². The highest BCUT2D eigenvalue weighted by Gasteiger charge is 2.24. The lowest BCUT2D eigenvalue weighted by Crippen LogP contribution is -2.03. The number of anilines is 1. The van der Waals surface area contributed by atoms with Crippen LogP contribution in [0, 0.1) is 5.82 Å². The number of amides is 1. The second-order valence-electron chi connectivity index (χ2n) is 4.76. The van der Waals surface area contributed by atoms with Crippen LogP contribution in [-0.4, -0.2) is 5.91 Å². The molecule has 3 rings (SSSR count). The molecule has 0 saturated heterocycles. The summed E-state index contributed by atoms with van der Waals surface area (Å²) < 4.78 is 14.5. The molecule has 1 N–H and O–H groups in total. The smallest absolute Gasteiger partial charge is 0.228 e. The number of carbonyl (C=O) groups is 1. The summed E-state index contributed by atoms with van der Waals surface area (Å²) in [7, 11) is 0. The average Bonchev–Trinajstić information content (AvgIpc) is 2.79. The average molecular weight is 389 g/mol. The predicted octanol–water partition coefficient (Wildman–Crippen LogP) is 5.06. The van der Waals surface area contributed by atoms with Gasteiger partial charge in [0.05, 0.1) is 16.3 Å². The molecule has 6 heteroatoms. The summed E-state index contributed by atoms with van der Waals surface area (Å²) in [6.07, 6.45) is 0.282. The highest BCUT2D eigenvalue weighted by molar-refractivity contribution is 9.10. The number of alkyl halides is 1. The maximum atomic E-state index is 14.2. The Morgan fingerprint density at radius 2 is 2.05 bits per heavy atom. The van der Waals surface area contributed by atoms with E-state index in [0.29, 0.717) is 26.3 Å². The molecule has 0 fully saturated rings. The molecule has 2 aromatic rings. The van der Waals surface area contributed by atoms with Crippen molar-refractivity contribution in [3.63, 3.8) is 0 Å². The molecule has 1 amide bonds. The molecule has 21 heavy (non-hydrogen) atoms. The van der Waals surface area contributed by atoms with Gasteiger partial charge in [-0.2, -0.15) is 0 Å². The first kappa shape index (κ1) is 14.8. The number of fused-ring (bicyclic) bond motifs is 1. The maximum Gasteiger partial charge on any atom is 0.228 e. The van der Waals surface area contributed by atoms with Gasteiger partial charge < -0.3 is 5.32 Å². The van der Waals surface area contributed by atoms with Crippen molar-refractivity contribution in [1.82, 2.24) is 0 Å². The Morgan fingerprint density at radius 3 is 2.81 bits per heavy atom. The SMILES string of the molecule is O=C1Cc2cc(C(Cl)c3cccc(Br)c3F)c(Cl)cc2N1. The minimum Gasteiger partial charge on any atom is -0.325 e. The Hall–Kier alpha value is -1.10. The van der Waals surface area contributed by atoms with Gasteiger partial charge in [0.25, 0.3) is 0 Å². The van der Waals surface area contributed by atoms with Gasteiger partial charge in [-0.05, 0) is 45.3 Å². The molecule has 0 radical (unpaired) electrons. The van der Waals surface area contributed by atoms with Gasteiger partial charge in [-0.1, -0.05) is 23.7 Å². The first-order valence-corrected chi connectivity index (χ1v) is 7.78. The van der Waals surface area contributed by atoms with E-state index in [0.717, 1.165) is 5.56 Å². The van der Waals surface area contributed by atoms with Crippen molar-refractivity contribution in [3.05, 3.63) is 62.3 Å². The predicted molar refractivity (Wildman–Crippen MR) is 85.6 cm³/mol. The van der Waals surface area contributed by atoms with Gasteiger partial charge >= 0.3 is 0 Å². The summed E-state index contributed by atoms with van der Waals surface area (Å²) >= 11 is 15.8. The minimum atomic E-state index is -0.726. The zero-order valence-corrected chi connectivity index (χ0v) is 13.7. The molecule has 1 aliphatic heterocycles. The standard InChI is InChI=1S/C15H9BrCl2FNO/c16-10-3-1-2-8(15(10)19)14(18)9-4-7-5-13(21)20-12(7)6-11(9)17/h1-4,6,14H,5H2,(H,20,21). The summed E-state index contributed by atoms with van der Waals surface area (Å²) in [5.74, 6) is -0.499. The normalized spacial score (nSPS) is 14.8. The summed E-state index contributed by atoms with van der Waals surface area (Å²) in [6, 6.07) is 8.35. The van der Waals surface area contributed by atoms with E-state index in [1.54, 1.807) is 30.3 Å². The van der Waals surface area contributed by atoms with Crippen molar-refractivity contribution in [2.45, 2.75) is 11.8 Å². The van der Waals surface area contributed by atoms with Crippen molar-refractivity contribution in [1.29, 1.82) is 0 Å². The molecule has 1 aliphatic rings. The molecule has 1 atom stereocenters. The van der Waals surface area contributed by atoms with Gasteiger partial charge in [0.1, 0.15) is 5.82 Å². The number of halogens is 4. The van der Waals surface area contributed by atoms with Crippen molar-refractivity contribution < 1.29 is 9.18 Å². The monoisotopic (exact) mass is 387 g/mol. The molecule has 2 aromatic carbocycles. The van der Waals surface area contributed by atoms with E-state index in [9.17, 15) is 9.18 Å². The Bertz CT molecular complexity index is 751. The summed E-state index contributed by atoms with van der Waals surface area (Å²) in [6.45, 7) is 0. The second-order valence-corrected chi connectivity index (χ2v) is 6.46. The quantitative estimate of drug-likeness (QED) is 0.715. The molecule has 0 aromatic heterocycles. The fourth-order valence-electron chi connectivity index (χ4n) is 2.35. The molecule has 1 heterocycles. The van der Waals surface area contributed by atoms with E-state index in [2.05, 4.69) is 21.2 Å². The van der Waals surface area contributed by atoms with Gasteiger partial charge in [0, 0.05) is 16.3 Å². The van der Waals surface area contributed by atoms with Gasteiger partial charge in [-0.3, -0.25) is 4.79 Å². The van der Waals surface area contributed by atoms with Crippen molar-refractivity contribution in [2.75, 3.05) is 5.32 Å². The maximum absolute atomic E-state index is 14.2. The van der Waals surface area contributed by atoms with Gasteiger partial charge in [0.15, 0.2) is 0 Å².